The second-order valence-electron chi connectivity index (χ2n) is 7.78. The van der Waals surface area contributed by atoms with Crippen molar-refractivity contribution in [2.24, 2.45) is 13.0 Å². The molecule has 1 atom stereocenters. The second kappa shape index (κ2) is 7.92. The molecule has 1 amide bonds. The highest BCUT2D eigenvalue weighted by Gasteiger charge is 2.33. The van der Waals surface area contributed by atoms with Crippen LogP contribution in [-0.4, -0.2) is 53.3 Å². The predicted molar refractivity (Wildman–Crippen MR) is 97.7 cm³/mol. The maximum absolute atomic E-state index is 12.9. The normalized spacial score (nSPS) is 23.8. The molecule has 6 heteroatoms. The predicted octanol–water partition coefficient (Wildman–Crippen LogP) is 2.40. The number of ether oxygens (including phenoxy) is 2. The van der Waals surface area contributed by atoms with Gasteiger partial charge in [-0.25, -0.2) is 4.98 Å². The lowest BCUT2D eigenvalue weighted by molar-refractivity contribution is -0.128. The number of rotatable bonds is 5. The molecule has 0 unspecified atom stereocenters. The van der Waals surface area contributed by atoms with Crippen molar-refractivity contribution < 1.29 is 14.3 Å². The summed E-state index contributed by atoms with van der Waals surface area (Å²) in [5.41, 5.74) is 3.22. The Hall–Kier alpha value is -1.66. The van der Waals surface area contributed by atoms with Crippen LogP contribution in [0.15, 0.2) is 18.0 Å². The average Bonchev–Trinajstić information content (AvgIpc) is 3.32. The van der Waals surface area contributed by atoms with E-state index in [9.17, 15) is 4.79 Å². The molecule has 0 aromatic carbocycles. The third-order valence-electron chi connectivity index (χ3n) is 5.85. The van der Waals surface area contributed by atoms with Gasteiger partial charge in [0.25, 0.3) is 0 Å². The average molecular weight is 359 g/mol. The van der Waals surface area contributed by atoms with Gasteiger partial charge in [0.15, 0.2) is 0 Å². The SMILES string of the molecule is Cn1cnc2c1[C@H](COCC1CCOCC1)CN(C(=O)C1=CCCC1)C2. The first-order chi connectivity index (χ1) is 12.7. The Bertz CT molecular complexity index is 676. The van der Waals surface area contributed by atoms with Crippen molar-refractivity contribution in [3.05, 3.63) is 29.4 Å². The summed E-state index contributed by atoms with van der Waals surface area (Å²) >= 11 is 0. The fraction of sp³-hybridized carbons (Fsp3) is 0.700. The summed E-state index contributed by atoms with van der Waals surface area (Å²) in [7, 11) is 2.04. The summed E-state index contributed by atoms with van der Waals surface area (Å²) in [5.74, 6) is 0.977. The molecule has 1 saturated heterocycles. The smallest absolute Gasteiger partial charge is 0.249 e. The van der Waals surface area contributed by atoms with Crippen LogP contribution >= 0.6 is 0 Å². The first-order valence-corrected chi connectivity index (χ1v) is 9.86. The summed E-state index contributed by atoms with van der Waals surface area (Å²) < 4.78 is 13.6. The highest BCUT2D eigenvalue weighted by atomic mass is 16.5. The molecule has 0 radical (unpaired) electrons. The number of aryl methyl sites for hydroxylation is 1. The molecule has 3 heterocycles. The van der Waals surface area contributed by atoms with E-state index in [2.05, 4.69) is 15.6 Å². The third-order valence-corrected chi connectivity index (χ3v) is 5.85. The van der Waals surface area contributed by atoms with Gasteiger partial charge in [-0.2, -0.15) is 0 Å². The van der Waals surface area contributed by atoms with E-state index in [0.29, 0.717) is 19.1 Å². The van der Waals surface area contributed by atoms with Gasteiger partial charge in [-0.05, 0) is 38.0 Å². The Morgan fingerprint density at radius 3 is 2.96 bits per heavy atom. The summed E-state index contributed by atoms with van der Waals surface area (Å²) in [6.45, 7) is 4.46. The molecular weight excluding hydrogens is 330 g/mol. The van der Waals surface area contributed by atoms with Crippen LogP contribution < -0.4 is 0 Å². The van der Waals surface area contributed by atoms with Crippen LogP contribution in [0.25, 0.3) is 0 Å². The number of allylic oxidation sites excluding steroid dienone is 1. The van der Waals surface area contributed by atoms with Crippen LogP contribution in [0.1, 0.15) is 49.4 Å². The number of imidazole rings is 1. The molecule has 0 bridgehead atoms. The van der Waals surface area contributed by atoms with Crippen LogP contribution in [0.4, 0.5) is 0 Å². The Balaban J connectivity index is 1.41. The summed E-state index contributed by atoms with van der Waals surface area (Å²) in [6, 6.07) is 0. The lowest BCUT2D eigenvalue weighted by Gasteiger charge is -2.33. The first-order valence-electron chi connectivity index (χ1n) is 9.86. The fourth-order valence-electron chi connectivity index (χ4n) is 4.38. The molecule has 1 aliphatic carbocycles. The molecule has 0 N–H and O–H groups in total. The third kappa shape index (κ3) is 3.71. The largest absolute Gasteiger partial charge is 0.381 e. The topological polar surface area (TPSA) is 56.6 Å². The number of hydrogen-bond acceptors (Lipinski definition) is 4. The second-order valence-corrected chi connectivity index (χ2v) is 7.78. The Morgan fingerprint density at radius 2 is 2.19 bits per heavy atom. The summed E-state index contributed by atoms with van der Waals surface area (Å²) in [4.78, 5) is 19.4. The van der Waals surface area contributed by atoms with Gasteiger partial charge >= 0.3 is 0 Å². The van der Waals surface area contributed by atoms with Gasteiger partial charge in [0.2, 0.25) is 5.91 Å². The molecule has 1 aromatic rings. The van der Waals surface area contributed by atoms with Crippen LogP contribution in [0.2, 0.25) is 0 Å². The van der Waals surface area contributed by atoms with Crippen LogP contribution in [-0.2, 0) is 27.9 Å². The molecule has 2 aliphatic heterocycles. The van der Waals surface area contributed by atoms with E-state index in [0.717, 1.165) is 69.7 Å². The molecule has 4 rings (SSSR count). The zero-order chi connectivity index (χ0) is 17.9. The monoisotopic (exact) mass is 359 g/mol. The molecule has 3 aliphatic rings. The van der Waals surface area contributed by atoms with Crippen molar-refractivity contribution in [3.63, 3.8) is 0 Å². The van der Waals surface area contributed by atoms with E-state index in [-0.39, 0.29) is 11.8 Å². The first kappa shape index (κ1) is 17.7. The van der Waals surface area contributed by atoms with Gasteiger partial charge in [-0.3, -0.25) is 4.79 Å². The lowest BCUT2D eigenvalue weighted by atomic mass is 9.97. The fourth-order valence-corrected chi connectivity index (χ4v) is 4.38. The molecule has 0 spiro atoms. The molecule has 26 heavy (non-hydrogen) atoms. The van der Waals surface area contributed by atoms with Gasteiger partial charge < -0.3 is 18.9 Å². The highest BCUT2D eigenvalue weighted by molar-refractivity contribution is 5.94. The van der Waals surface area contributed by atoms with Crippen molar-refractivity contribution in [1.82, 2.24) is 14.5 Å². The maximum atomic E-state index is 12.9. The summed E-state index contributed by atoms with van der Waals surface area (Å²) in [5, 5.41) is 0. The molecule has 142 valence electrons. The molecular formula is C20H29N3O3. The minimum Gasteiger partial charge on any atom is -0.381 e. The standard InChI is InChI=1S/C20H29N3O3/c1-22-14-21-18-11-23(20(24)16-4-2-3-5-16)10-17(19(18)22)13-26-12-15-6-8-25-9-7-15/h4,14-15,17H,2-3,5-13H2,1H3/t17-/m0/s1. The van der Waals surface area contributed by atoms with Gasteiger partial charge in [0.1, 0.15) is 0 Å². The van der Waals surface area contributed by atoms with E-state index >= 15 is 0 Å². The van der Waals surface area contributed by atoms with Gasteiger partial charge in [-0.15, -0.1) is 0 Å². The number of hydrogen-bond donors (Lipinski definition) is 0. The minimum atomic E-state index is 0.188. The van der Waals surface area contributed by atoms with Crippen LogP contribution in [0.3, 0.4) is 0 Å². The van der Waals surface area contributed by atoms with Crippen LogP contribution in [0.5, 0.6) is 0 Å². The van der Waals surface area contributed by atoms with E-state index in [1.165, 1.54) is 5.69 Å². The lowest BCUT2D eigenvalue weighted by Crippen LogP contribution is -2.41. The van der Waals surface area contributed by atoms with Crippen molar-refractivity contribution in [1.29, 1.82) is 0 Å². The summed E-state index contributed by atoms with van der Waals surface area (Å²) in [6.07, 6.45) is 9.17. The van der Waals surface area contributed by atoms with Crippen molar-refractivity contribution >= 4 is 5.91 Å². The molecule has 1 aromatic heterocycles. The highest BCUT2D eigenvalue weighted by Crippen LogP contribution is 2.30. The minimum absolute atomic E-state index is 0.188. The number of carbonyl (C=O) groups is 1. The van der Waals surface area contributed by atoms with Gasteiger partial charge in [0, 0.05) is 50.6 Å². The Morgan fingerprint density at radius 1 is 1.35 bits per heavy atom. The maximum Gasteiger partial charge on any atom is 0.249 e. The number of amides is 1. The molecule has 6 nitrogen and oxygen atoms in total. The Kier molecular flexibility index (Phi) is 5.41. The zero-order valence-corrected chi connectivity index (χ0v) is 15.7. The molecule has 0 saturated carbocycles. The van der Waals surface area contributed by atoms with Crippen molar-refractivity contribution in [3.8, 4) is 0 Å². The van der Waals surface area contributed by atoms with E-state index < -0.39 is 0 Å². The van der Waals surface area contributed by atoms with Gasteiger partial charge in [0.05, 0.1) is 25.2 Å². The number of nitrogens with zero attached hydrogens (tertiary/aromatic N) is 3. The van der Waals surface area contributed by atoms with E-state index in [4.69, 9.17) is 9.47 Å². The zero-order valence-electron chi connectivity index (χ0n) is 15.7. The Labute approximate surface area is 155 Å². The number of aromatic nitrogens is 2. The van der Waals surface area contributed by atoms with E-state index in [1.807, 2.05) is 18.3 Å². The molecule has 1 fully saturated rings. The van der Waals surface area contributed by atoms with Crippen LogP contribution in [0, 0.1) is 5.92 Å². The van der Waals surface area contributed by atoms with E-state index in [1.54, 1.807) is 0 Å². The quantitative estimate of drug-likeness (QED) is 0.810. The number of carbonyl (C=O) groups excluding carboxylic acids is 1. The van der Waals surface area contributed by atoms with Gasteiger partial charge in [-0.1, -0.05) is 6.08 Å². The van der Waals surface area contributed by atoms with Crippen molar-refractivity contribution in [2.45, 2.75) is 44.6 Å². The number of fused-ring (bicyclic) bond motifs is 1. The van der Waals surface area contributed by atoms with Crippen molar-refractivity contribution in [2.75, 3.05) is 33.0 Å².